The van der Waals surface area contributed by atoms with Crippen molar-refractivity contribution in [1.82, 2.24) is 14.8 Å². The van der Waals surface area contributed by atoms with Crippen molar-refractivity contribution in [2.45, 2.75) is 19.3 Å². The second-order valence-electron chi connectivity index (χ2n) is 6.19. The maximum absolute atomic E-state index is 11.6. The smallest absolute Gasteiger partial charge is 0.339 e. The van der Waals surface area contributed by atoms with E-state index in [0.29, 0.717) is 11.8 Å². The molecule has 1 N–H and O–H groups in total. The average molecular weight is 286 g/mol. The molecule has 21 heavy (non-hydrogen) atoms. The number of pyridine rings is 1. The Labute approximate surface area is 122 Å². The van der Waals surface area contributed by atoms with E-state index in [1.165, 1.54) is 25.5 Å². The van der Waals surface area contributed by atoms with Crippen LogP contribution in [0, 0.1) is 11.8 Å². The van der Waals surface area contributed by atoms with Crippen LogP contribution in [0.1, 0.15) is 29.6 Å². The summed E-state index contributed by atoms with van der Waals surface area (Å²) in [5, 5.41) is 14.6. The fourth-order valence-electron chi connectivity index (χ4n) is 4.00. The monoisotopic (exact) mass is 286 g/mol. The van der Waals surface area contributed by atoms with Gasteiger partial charge in [-0.15, -0.1) is 0 Å². The molecule has 0 amide bonds. The van der Waals surface area contributed by atoms with Crippen molar-refractivity contribution in [3.05, 3.63) is 18.0 Å². The zero-order valence-electron chi connectivity index (χ0n) is 12.0. The highest BCUT2D eigenvalue weighted by Gasteiger charge is 2.38. The van der Waals surface area contributed by atoms with E-state index in [-0.39, 0.29) is 5.56 Å². The van der Waals surface area contributed by atoms with Crippen LogP contribution in [0.5, 0.6) is 0 Å². The molecule has 2 fully saturated rings. The molecule has 110 valence electrons. The van der Waals surface area contributed by atoms with Crippen LogP contribution in [0.25, 0.3) is 11.0 Å². The number of carbonyl (C=O) groups is 1. The van der Waals surface area contributed by atoms with Crippen LogP contribution < -0.4 is 4.90 Å². The summed E-state index contributed by atoms with van der Waals surface area (Å²) in [6, 6.07) is 0. The normalized spacial score (nSPS) is 24.7. The van der Waals surface area contributed by atoms with Gasteiger partial charge in [-0.3, -0.25) is 4.68 Å². The van der Waals surface area contributed by atoms with Gasteiger partial charge in [0.2, 0.25) is 0 Å². The van der Waals surface area contributed by atoms with Gasteiger partial charge in [0.25, 0.3) is 0 Å². The molecule has 2 atom stereocenters. The summed E-state index contributed by atoms with van der Waals surface area (Å²) in [7, 11) is 1.83. The van der Waals surface area contributed by atoms with Crippen LogP contribution >= 0.6 is 0 Å². The third-order valence-corrected chi connectivity index (χ3v) is 5.01. The molecule has 6 nitrogen and oxygen atoms in total. The van der Waals surface area contributed by atoms with Crippen LogP contribution in [0.15, 0.2) is 12.4 Å². The van der Waals surface area contributed by atoms with Crippen molar-refractivity contribution in [1.29, 1.82) is 0 Å². The van der Waals surface area contributed by atoms with Gasteiger partial charge in [-0.1, -0.05) is 6.42 Å². The first-order valence-corrected chi connectivity index (χ1v) is 7.44. The summed E-state index contributed by atoms with van der Waals surface area (Å²) in [6.45, 7) is 1.91. The molecule has 1 saturated carbocycles. The molecule has 1 aliphatic heterocycles. The summed E-state index contributed by atoms with van der Waals surface area (Å²) in [6.07, 6.45) is 7.05. The third-order valence-electron chi connectivity index (χ3n) is 5.01. The minimum Gasteiger partial charge on any atom is -0.478 e. The highest BCUT2D eigenvalue weighted by atomic mass is 16.4. The molecule has 0 radical (unpaired) electrons. The Morgan fingerprint density at radius 3 is 2.67 bits per heavy atom. The number of aryl methyl sites for hydroxylation is 1. The van der Waals surface area contributed by atoms with E-state index in [1.807, 2.05) is 7.05 Å². The van der Waals surface area contributed by atoms with Gasteiger partial charge in [0.1, 0.15) is 5.56 Å². The number of anilines is 1. The zero-order chi connectivity index (χ0) is 14.6. The number of carboxylic acids is 1. The molecule has 0 aromatic carbocycles. The molecule has 2 unspecified atom stereocenters. The number of nitrogens with zero attached hydrogens (tertiary/aromatic N) is 4. The van der Waals surface area contributed by atoms with Gasteiger partial charge < -0.3 is 10.0 Å². The Morgan fingerprint density at radius 2 is 2.00 bits per heavy atom. The molecular formula is C15H18N4O2. The molecule has 0 bridgehead atoms. The number of carboxylic acid groups (broad SMARTS) is 1. The Morgan fingerprint density at radius 1 is 1.29 bits per heavy atom. The van der Waals surface area contributed by atoms with Gasteiger partial charge in [0, 0.05) is 26.3 Å². The fraction of sp³-hybridized carbons (Fsp3) is 0.533. The predicted molar refractivity (Wildman–Crippen MR) is 78.5 cm³/mol. The third kappa shape index (κ3) is 1.81. The van der Waals surface area contributed by atoms with E-state index >= 15 is 0 Å². The number of fused-ring (bicyclic) bond motifs is 2. The Bertz CT molecular complexity index is 712. The van der Waals surface area contributed by atoms with E-state index in [4.69, 9.17) is 0 Å². The van der Waals surface area contributed by atoms with Crippen LogP contribution in [-0.2, 0) is 7.05 Å². The van der Waals surface area contributed by atoms with Crippen LogP contribution in [0.3, 0.4) is 0 Å². The maximum Gasteiger partial charge on any atom is 0.339 e. The van der Waals surface area contributed by atoms with Gasteiger partial charge in [-0.25, -0.2) is 9.78 Å². The lowest BCUT2D eigenvalue weighted by molar-refractivity contribution is 0.0697. The first-order chi connectivity index (χ1) is 10.1. The van der Waals surface area contributed by atoms with Crippen molar-refractivity contribution in [2.75, 3.05) is 18.0 Å². The molecule has 2 aromatic heterocycles. The van der Waals surface area contributed by atoms with Crippen LogP contribution in [-0.4, -0.2) is 38.9 Å². The number of rotatable bonds is 2. The number of hydrogen-bond donors (Lipinski definition) is 1. The molecule has 1 aliphatic carbocycles. The van der Waals surface area contributed by atoms with E-state index in [1.54, 1.807) is 10.9 Å². The molecule has 1 saturated heterocycles. The number of aromatic carboxylic acids is 1. The number of hydrogen-bond acceptors (Lipinski definition) is 4. The second-order valence-corrected chi connectivity index (χ2v) is 6.19. The topological polar surface area (TPSA) is 71.2 Å². The van der Waals surface area contributed by atoms with Crippen molar-refractivity contribution < 1.29 is 9.90 Å². The predicted octanol–water partition coefficient (Wildman–Crippen LogP) is 1.90. The molecule has 3 heterocycles. The lowest BCUT2D eigenvalue weighted by Crippen LogP contribution is -2.23. The van der Waals surface area contributed by atoms with Gasteiger partial charge in [-0.2, -0.15) is 5.10 Å². The second kappa shape index (κ2) is 4.44. The van der Waals surface area contributed by atoms with Crippen molar-refractivity contribution in [3.8, 4) is 0 Å². The summed E-state index contributed by atoms with van der Waals surface area (Å²) in [5.41, 5.74) is 1.83. The van der Waals surface area contributed by atoms with Crippen molar-refractivity contribution in [3.63, 3.8) is 0 Å². The lowest BCUT2D eigenvalue weighted by atomic mass is 10.0. The lowest BCUT2D eigenvalue weighted by Gasteiger charge is -2.22. The largest absolute Gasteiger partial charge is 0.478 e. The zero-order valence-corrected chi connectivity index (χ0v) is 12.0. The maximum atomic E-state index is 11.6. The van der Waals surface area contributed by atoms with Crippen LogP contribution in [0.4, 0.5) is 5.69 Å². The molecular weight excluding hydrogens is 268 g/mol. The Balaban J connectivity index is 1.85. The standard InChI is InChI=1S/C15H18N4O2/c1-18-14-11(6-17-18)13(12(5-16-14)15(20)21)19-7-9-3-2-4-10(9)8-19/h5-6,9-10H,2-4,7-8H2,1H3,(H,20,21). The summed E-state index contributed by atoms with van der Waals surface area (Å²) >= 11 is 0. The van der Waals surface area contributed by atoms with Crippen molar-refractivity contribution >= 4 is 22.7 Å². The molecule has 4 rings (SSSR count). The highest BCUT2D eigenvalue weighted by molar-refractivity contribution is 6.03. The molecule has 0 spiro atoms. The SMILES string of the molecule is Cn1ncc2c(N3CC4CCCC4C3)c(C(=O)O)cnc21. The molecule has 2 aromatic rings. The molecule has 6 heteroatoms. The van der Waals surface area contributed by atoms with Gasteiger partial charge in [-0.05, 0) is 24.7 Å². The summed E-state index contributed by atoms with van der Waals surface area (Å²) < 4.78 is 1.70. The fourth-order valence-corrected chi connectivity index (χ4v) is 4.00. The van der Waals surface area contributed by atoms with E-state index < -0.39 is 5.97 Å². The summed E-state index contributed by atoms with van der Waals surface area (Å²) in [5.74, 6) is 0.512. The summed E-state index contributed by atoms with van der Waals surface area (Å²) in [4.78, 5) is 18.1. The van der Waals surface area contributed by atoms with Gasteiger partial charge >= 0.3 is 5.97 Å². The highest BCUT2D eigenvalue weighted by Crippen LogP contribution is 2.42. The Hall–Kier alpha value is -2.11. The minimum atomic E-state index is -0.916. The van der Waals surface area contributed by atoms with Gasteiger partial charge in [0.05, 0.1) is 17.3 Å². The number of aromatic nitrogens is 3. The van der Waals surface area contributed by atoms with Crippen molar-refractivity contribution in [2.24, 2.45) is 18.9 Å². The quantitative estimate of drug-likeness (QED) is 0.913. The van der Waals surface area contributed by atoms with E-state index in [0.717, 1.165) is 29.8 Å². The first-order valence-electron chi connectivity index (χ1n) is 7.44. The Kier molecular flexibility index (Phi) is 2.67. The first kappa shape index (κ1) is 12.6. The minimum absolute atomic E-state index is 0.287. The average Bonchev–Trinajstić information content (AvgIpc) is 3.12. The van der Waals surface area contributed by atoms with Crippen LogP contribution in [0.2, 0.25) is 0 Å². The van der Waals surface area contributed by atoms with E-state index in [2.05, 4.69) is 15.0 Å². The van der Waals surface area contributed by atoms with Gasteiger partial charge in [0.15, 0.2) is 5.65 Å². The van der Waals surface area contributed by atoms with E-state index in [9.17, 15) is 9.90 Å². The molecule has 2 aliphatic rings.